The number of nitrogens with two attached hydrogens (primary N) is 1. The molecule has 10 heteroatoms. The smallest absolute Gasteiger partial charge is 0.326 e. The van der Waals surface area contributed by atoms with Gasteiger partial charge < -0.3 is 26.8 Å². The molecule has 0 saturated heterocycles. The Morgan fingerprint density at radius 2 is 1.41 bits per heavy atom. The van der Waals surface area contributed by atoms with Crippen molar-refractivity contribution >= 4 is 36.3 Å². The molecule has 0 aliphatic carbocycles. The first-order valence-electron chi connectivity index (χ1n) is 8.91. The predicted octanol–water partition coefficient (Wildman–Crippen LogP) is -0.495. The molecule has 0 rings (SSSR count). The Balaban J connectivity index is 4.84. The second-order valence-corrected chi connectivity index (χ2v) is 7.64. The van der Waals surface area contributed by atoms with Gasteiger partial charge in [0.25, 0.3) is 0 Å². The second-order valence-electron chi connectivity index (χ2n) is 7.27. The molecule has 0 saturated carbocycles. The van der Waals surface area contributed by atoms with Crippen molar-refractivity contribution in [3.8, 4) is 0 Å². The van der Waals surface area contributed by atoms with Crippen LogP contribution in [0.4, 0.5) is 0 Å². The Morgan fingerprint density at radius 1 is 0.889 bits per heavy atom. The zero-order valence-corrected chi connectivity index (χ0v) is 17.4. The van der Waals surface area contributed by atoms with Gasteiger partial charge in [-0.3, -0.25) is 14.4 Å². The molecular weight excluding hydrogens is 372 g/mol. The van der Waals surface area contributed by atoms with E-state index in [9.17, 15) is 24.3 Å². The van der Waals surface area contributed by atoms with Crippen LogP contribution < -0.4 is 21.7 Å². The van der Waals surface area contributed by atoms with E-state index in [1.165, 1.54) is 6.92 Å². The maximum absolute atomic E-state index is 12.3. The van der Waals surface area contributed by atoms with E-state index in [2.05, 4.69) is 28.6 Å². The summed E-state index contributed by atoms with van der Waals surface area (Å²) in [6, 6.07) is -3.76. The molecule has 0 aromatic heterocycles. The second kappa shape index (κ2) is 11.8. The normalized spacial score (nSPS) is 15.6. The third-order valence-electron chi connectivity index (χ3n) is 3.91. The lowest BCUT2D eigenvalue weighted by atomic mass is 10.0. The third kappa shape index (κ3) is 9.09. The zero-order valence-electron chi connectivity index (χ0n) is 16.5. The van der Waals surface area contributed by atoms with Gasteiger partial charge in [-0.1, -0.05) is 27.7 Å². The maximum atomic E-state index is 12.3. The minimum absolute atomic E-state index is 0.0300. The van der Waals surface area contributed by atoms with E-state index >= 15 is 0 Å². The number of carboxylic acid groups (broad SMARTS) is 1. The molecule has 0 aromatic carbocycles. The van der Waals surface area contributed by atoms with Gasteiger partial charge in [0.1, 0.15) is 18.1 Å². The van der Waals surface area contributed by atoms with E-state index in [-0.39, 0.29) is 24.0 Å². The van der Waals surface area contributed by atoms with Gasteiger partial charge in [-0.15, -0.1) is 0 Å². The van der Waals surface area contributed by atoms with Crippen LogP contribution in [0, 0.1) is 11.8 Å². The molecule has 4 unspecified atom stereocenters. The summed E-state index contributed by atoms with van der Waals surface area (Å²) < 4.78 is 0. The van der Waals surface area contributed by atoms with Crippen LogP contribution in [0.1, 0.15) is 41.0 Å². The SMILES string of the molecule is CC(C)CC(NC(=O)C(CS)NC(=O)C(C)NC(=O)C(N)C(C)C)C(=O)O. The Hall–Kier alpha value is -1.81. The highest BCUT2D eigenvalue weighted by Crippen LogP contribution is 2.06. The number of rotatable bonds is 11. The van der Waals surface area contributed by atoms with E-state index in [0.717, 1.165) is 0 Å². The fraction of sp³-hybridized carbons (Fsp3) is 0.765. The molecule has 0 aliphatic heterocycles. The van der Waals surface area contributed by atoms with Gasteiger partial charge in [0.15, 0.2) is 0 Å². The minimum atomic E-state index is -1.15. The molecule has 6 N–H and O–H groups in total. The van der Waals surface area contributed by atoms with Crippen LogP contribution >= 0.6 is 12.6 Å². The van der Waals surface area contributed by atoms with Crippen molar-refractivity contribution in [2.24, 2.45) is 17.6 Å². The van der Waals surface area contributed by atoms with E-state index in [1.54, 1.807) is 13.8 Å². The molecule has 0 heterocycles. The van der Waals surface area contributed by atoms with Crippen LogP contribution in [0.15, 0.2) is 0 Å². The molecule has 0 bridgehead atoms. The predicted molar refractivity (Wildman–Crippen MR) is 105 cm³/mol. The highest BCUT2D eigenvalue weighted by atomic mass is 32.1. The maximum Gasteiger partial charge on any atom is 0.326 e. The van der Waals surface area contributed by atoms with E-state index in [0.29, 0.717) is 0 Å². The summed E-state index contributed by atoms with van der Waals surface area (Å²) in [5.41, 5.74) is 5.73. The van der Waals surface area contributed by atoms with Crippen LogP contribution in [0.3, 0.4) is 0 Å². The molecule has 27 heavy (non-hydrogen) atoms. The molecule has 156 valence electrons. The first-order valence-corrected chi connectivity index (χ1v) is 9.54. The summed E-state index contributed by atoms with van der Waals surface area (Å²) in [6.07, 6.45) is 0.258. The number of carbonyl (C=O) groups excluding carboxylic acids is 3. The van der Waals surface area contributed by atoms with Gasteiger partial charge in [0.2, 0.25) is 17.7 Å². The van der Waals surface area contributed by atoms with Crippen molar-refractivity contribution in [2.45, 2.75) is 65.2 Å². The standard InChI is InChI=1S/C17H32N4O5S/c1-8(2)6-11(17(25)26)20-15(23)12(7-27)21-14(22)10(5)19-16(24)13(18)9(3)4/h8-13,27H,6-7,18H2,1-5H3,(H,19,24)(H,20,23)(H,21,22)(H,25,26). The highest BCUT2D eigenvalue weighted by Gasteiger charge is 2.28. The van der Waals surface area contributed by atoms with Gasteiger partial charge in [0, 0.05) is 5.75 Å². The van der Waals surface area contributed by atoms with Crippen molar-refractivity contribution in [3.63, 3.8) is 0 Å². The number of carbonyl (C=O) groups is 4. The molecular formula is C17H32N4O5S. The highest BCUT2D eigenvalue weighted by molar-refractivity contribution is 7.80. The zero-order chi connectivity index (χ0) is 21.3. The summed E-state index contributed by atoms with van der Waals surface area (Å²) in [7, 11) is 0. The van der Waals surface area contributed by atoms with E-state index < -0.39 is 47.9 Å². The monoisotopic (exact) mass is 404 g/mol. The summed E-state index contributed by atoms with van der Waals surface area (Å²) >= 11 is 4.04. The number of hydrogen-bond acceptors (Lipinski definition) is 6. The van der Waals surface area contributed by atoms with Crippen molar-refractivity contribution in [2.75, 3.05) is 5.75 Å². The van der Waals surface area contributed by atoms with Gasteiger partial charge in [-0.2, -0.15) is 12.6 Å². The third-order valence-corrected chi connectivity index (χ3v) is 4.28. The average molecular weight is 405 g/mol. The molecule has 9 nitrogen and oxygen atoms in total. The van der Waals surface area contributed by atoms with Crippen LogP contribution in [0.2, 0.25) is 0 Å². The molecule has 0 radical (unpaired) electrons. The Kier molecular flexibility index (Phi) is 11.0. The van der Waals surface area contributed by atoms with Crippen LogP contribution in [0.25, 0.3) is 0 Å². The summed E-state index contributed by atoms with van der Waals surface area (Å²) in [5, 5.41) is 16.6. The first kappa shape index (κ1) is 25.2. The van der Waals surface area contributed by atoms with Crippen molar-refractivity contribution in [1.29, 1.82) is 0 Å². The Bertz CT molecular complexity index is 541. The number of thiol groups is 1. The van der Waals surface area contributed by atoms with E-state index in [4.69, 9.17) is 5.73 Å². The van der Waals surface area contributed by atoms with Crippen molar-refractivity contribution in [3.05, 3.63) is 0 Å². The van der Waals surface area contributed by atoms with Gasteiger partial charge >= 0.3 is 5.97 Å². The molecule has 0 aliphatic rings. The summed E-state index contributed by atoms with van der Waals surface area (Å²) in [4.78, 5) is 47.8. The molecule has 0 aromatic rings. The Labute approximate surface area is 165 Å². The molecule has 4 atom stereocenters. The minimum Gasteiger partial charge on any atom is -0.480 e. The quantitative estimate of drug-likeness (QED) is 0.256. The van der Waals surface area contributed by atoms with Crippen LogP contribution in [0.5, 0.6) is 0 Å². The van der Waals surface area contributed by atoms with Crippen molar-refractivity contribution < 1.29 is 24.3 Å². The number of carboxylic acids is 1. The number of amides is 3. The topological polar surface area (TPSA) is 151 Å². The van der Waals surface area contributed by atoms with Gasteiger partial charge in [-0.05, 0) is 25.2 Å². The largest absolute Gasteiger partial charge is 0.480 e. The lowest BCUT2D eigenvalue weighted by Gasteiger charge is -2.23. The van der Waals surface area contributed by atoms with Crippen LogP contribution in [-0.4, -0.2) is 58.7 Å². The fourth-order valence-corrected chi connectivity index (χ4v) is 2.39. The molecule has 0 fully saturated rings. The summed E-state index contributed by atoms with van der Waals surface area (Å²) in [5.74, 6) is -2.92. The van der Waals surface area contributed by atoms with Crippen LogP contribution in [-0.2, 0) is 19.2 Å². The molecule has 3 amide bonds. The first-order chi connectivity index (χ1) is 12.4. The lowest BCUT2D eigenvalue weighted by Crippen LogP contribution is -2.57. The number of aliphatic carboxylic acids is 1. The van der Waals surface area contributed by atoms with Gasteiger partial charge in [0.05, 0.1) is 6.04 Å². The Morgan fingerprint density at radius 3 is 1.81 bits per heavy atom. The van der Waals surface area contributed by atoms with Gasteiger partial charge in [-0.25, -0.2) is 4.79 Å². The number of nitrogens with one attached hydrogen (secondary N) is 3. The van der Waals surface area contributed by atoms with Crippen molar-refractivity contribution in [1.82, 2.24) is 16.0 Å². The lowest BCUT2D eigenvalue weighted by molar-refractivity contribution is -0.142. The number of hydrogen-bond donors (Lipinski definition) is 6. The average Bonchev–Trinajstić information content (AvgIpc) is 2.56. The van der Waals surface area contributed by atoms with E-state index in [1.807, 2.05) is 13.8 Å². The fourth-order valence-electron chi connectivity index (χ4n) is 2.13. The summed E-state index contributed by atoms with van der Waals surface area (Å²) in [6.45, 7) is 8.71. The molecule has 0 spiro atoms.